The van der Waals surface area contributed by atoms with Crippen LogP contribution >= 0.6 is 0 Å². The fourth-order valence-corrected chi connectivity index (χ4v) is 5.81. The Labute approximate surface area is 193 Å². The Morgan fingerprint density at radius 1 is 1.18 bits per heavy atom. The van der Waals surface area contributed by atoms with E-state index in [2.05, 4.69) is 15.5 Å². The number of fused-ring (bicyclic) bond motifs is 1. The molecule has 0 bridgehead atoms. The van der Waals surface area contributed by atoms with E-state index in [0.717, 1.165) is 42.6 Å². The van der Waals surface area contributed by atoms with Crippen LogP contribution < -0.4 is 5.32 Å². The van der Waals surface area contributed by atoms with Gasteiger partial charge >= 0.3 is 0 Å². The van der Waals surface area contributed by atoms with Crippen molar-refractivity contribution in [3.63, 3.8) is 0 Å². The monoisotopic (exact) mass is 468 g/mol. The summed E-state index contributed by atoms with van der Waals surface area (Å²) < 4.78 is 32.4. The van der Waals surface area contributed by atoms with Gasteiger partial charge in [-0.25, -0.2) is 13.4 Å². The predicted octanol–water partition coefficient (Wildman–Crippen LogP) is 3.94. The molecule has 1 amide bonds. The van der Waals surface area contributed by atoms with Crippen molar-refractivity contribution >= 4 is 27.0 Å². The molecule has 5 rings (SSSR count). The van der Waals surface area contributed by atoms with Crippen molar-refractivity contribution in [3.05, 3.63) is 52.8 Å². The molecule has 0 radical (unpaired) electrons. The van der Waals surface area contributed by atoms with Crippen LogP contribution in [0, 0.1) is 0 Å². The van der Waals surface area contributed by atoms with Crippen LogP contribution in [-0.4, -0.2) is 41.9 Å². The average molecular weight is 469 g/mol. The van der Waals surface area contributed by atoms with Gasteiger partial charge in [-0.1, -0.05) is 31.1 Å². The molecule has 174 valence electrons. The molecule has 0 unspecified atom stereocenters. The standard InChI is InChI=1S/C24H28N4O4S/c1-15(2)22-21-19(13-20(17-7-8-17)26-24(21)32-27-22)23(29)25-14-16-5-9-18(10-6-16)33(30,31)28-11-3-4-12-28/h5-6,9-10,13,15,17H,3-4,7-8,11-12,14H2,1-2H3,(H,25,29). The number of nitrogens with one attached hydrogen (secondary N) is 1. The predicted molar refractivity (Wildman–Crippen MR) is 123 cm³/mol. The minimum atomic E-state index is -3.45. The zero-order valence-corrected chi connectivity index (χ0v) is 19.7. The lowest BCUT2D eigenvalue weighted by Gasteiger charge is -2.15. The van der Waals surface area contributed by atoms with Gasteiger partial charge in [-0.2, -0.15) is 4.31 Å². The highest BCUT2D eigenvalue weighted by Gasteiger charge is 2.30. The molecule has 9 heteroatoms. The highest BCUT2D eigenvalue weighted by atomic mass is 32.2. The van der Waals surface area contributed by atoms with Gasteiger partial charge in [0, 0.05) is 31.2 Å². The first-order chi connectivity index (χ1) is 15.8. The van der Waals surface area contributed by atoms with Gasteiger partial charge in [-0.3, -0.25) is 4.79 Å². The van der Waals surface area contributed by atoms with Gasteiger partial charge in [0.2, 0.25) is 10.0 Å². The smallest absolute Gasteiger partial charge is 0.259 e. The molecule has 1 aliphatic heterocycles. The third kappa shape index (κ3) is 4.27. The number of carbonyl (C=O) groups is 1. The van der Waals surface area contributed by atoms with Gasteiger partial charge in [0.25, 0.3) is 11.6 Å². The van der Waals surface area contributed by atoms with Crippen molar-refractivity contribution in [2.75, 3.05) is 13.1 Å². The number of benzene rings is 1. The SMILES string of the molecule is CC(C)c1noc2nc(C3CC3)cc(C(=O)NCc3ccc(S(=O)(=O)N4CCCC4)cc3)c12. The highest BCUT2D eigenvalue weighted by Crippen LogP contribution is 2.41. The summed E-state index contributed by atoms with van der Waals surface area (Å²) in [5.74, 6) is 0.248. The first kappa shape index (κ1) is 22.0. The highest BCUT2D eigenvalue weighted by molar-refractivity contribution is 7.89. The van der Waals surface area contributed by atoms with E-state index < -0.39 is 10.0 Å². The summed E-state index contributed by atoms with van der Waals surface area (Å²) in [5, 5.41) is 7.80. The van der Waals surface area contributed by atoms with Crippen molar-refractivity contribution in [3.8, 4) is 0 Å². The lowest BCUT2D eigenvalue weighted by Crippen LogP contribution is -2.28. The molecule has 8 nitrogen and oxygen atoms in total. The van der Waals surface area contributed by atoms with Gasteiger partial charge in [0.15, 0.2) is 0 Å². The number of rotatable bonds is 7. The quantitative estimate of drug-likeness (QED) is 0.563. The van der Waals surface area contributed by atoms with Crippen LogP contribution in [0.5, 0.6) is 0 Å². The van der Waals surface area contributed by atoms with E-state index in [4.69, 9.17) is 4.52 Å². The van der Waals surface area contributed by atoms with Crippen LogP contribution in [0.3, 0.4) is 0 Å². The number of nitrogens with zero attached hydrogens (tertiary/aromatic N) is 3. The summed E-state index contributed by atoms with van der Waals surface area (Å²) in [6.45, 7) is 5.44. The molecular weight excluding hydrogens is 440 g/mol. The fraction of sp³-hybridized carbons (Fsp3) is 0.458. The Bertz CT molecular complexity index is 1290. The third-order valence-electron chi connectivity index (χ3n) is 6.36. The molecule has 3 aromatic rings. The van der Waals surface area contributed by atoms with Gasteiger partial charge < -0.3 is 9.84 Å². The molecular formula is C24H28N4O4S. The van der Waals surface area contributed by atoms with E-state index in [1.165, 1.54) is 4.31 Å². The maximum Gasteiger partial charge on any atom is 0.259 e. The zero-order valence-electron chi connectivity index (χ0n) is 18.9. The first-order valence-electron chi connectivity index (χ1n) is 11.5. The molecule has 2 fully saturated rings. The van der Waals surface area contributed by atoms with Crippen LogP contribution in [0.4, 0.5) is 0 Å². The Morgan fingerprint density at radius 3 is 2.52 bits per heavy atom. The number of carbonyl (C=O) groups excluding carboxylic acids is 1. The molecule has 1 N–H and O–H groups in total. The van der Waals surface area contributed by atoms with E-state index in [-0.39, 0.29) is 23.3 Å². The van der Waals surface area contributed by atoms with Crippen LogP contribution in [0.15, 0.2) is 39.8 Å². The molecule has 0 atom stereocenters. The number of hydrogen-bond acceptors (Lipinski definition) is 6. The van der Waals surface area contributed by atoms with Gasteiger partial charge in [0.05, 0.1) is 21.5 Å². The van der Waals surface area contributed by atoms with Crippen molar-refractivity contribution in [1.29, 1.82) is 0 Å². The lowest BCUT2D eigenvalue weighted by molar-refractivity contribution is 0.0952. The molecule has 2 aliphatic rings. The Kier molecular flexibility index (Phi) is 5.70. The molecule has 3 heterocycles. The molecule has 2 aromatic heterocycles. The van der Waals surface area contributed by atoms with Gasteiger partial charge in [-0.05, 0) is 55.4 Å². The normalized spacial score (nSPS) is 17.2. The molecule has 1 saturated heterocycles. The fourth-order valence-electron chi connectivity index (χ4n) is 4.29. The summed E-state index contributed by atoms with van der Waals surface area (Å²) >= 11 is 0. The zero-order chi connectivity index (χ0) is 23.2. The summed E-state index contributed by atoms with van der Waals surface area (Å²) in [5.41, 5.74) is 3.35. The second-order valence-corrected chi connectivity index (χ2v) is 11.1. The second-order valence-electron chi connectivity index (χ2n) is 9.21. The molecule has 33 heavy (non-hydrogen) atoms. The number of sulfonamides is 1. The Hall–Kier alpha value is -2.78. The van der Waals surface area contributed by atoms with Gasteiger partial charge in [0.1, 0.15) is 0 Å². The summed E-state index contributed by atoms with van der Waals surface area (Å²) in [4.78, 5) is 18.1. The van der Waals surface area contributed by atoms with Crippen LogP contribution in [0.2, 0.25) is 0 Å². The molecule has 1 aromatic carbocycles. The van der Waals surface area contributed by atoms with Crippen LogP contribution in [0.25, 0.3) is 11.1 Å². The minimum Gasteiger partial charge on any atom is -0.348 e. The van der Waals surface area contributed by atoms with Crippen molar-refractivity contribution in [2.45, 2.75) is 62.8 Å². The Balaban J connectivity index is 1.35. The number of amides is 1. The topological polar surface area (TPSA) is 105 Å². The lowest BCUT2D eigenvalue weighted by atomic mass is 10.0. The number of hydrogen-bond donors (Lipinski definition) is 1. The number of aromatic nitrogens is 2. The summed E-state index contributed by atoms with van der Waals surface area (Å²) in [7, 11) is -3.45. The average Bonchev–Trinajstić information content (AvgIpc) is 3.32. The molecule has 1 aliphatic carbocycles. The Morgan fingerprint density at radius 2 is 1.88 bits per heavy atom. The number of pyridine rings is 1. The van der Waals surface area contributed by atoms with E-state index in [0.29, 0.717) is 35.7 Å². The summed E-state index contributed by atoms with van der Waals surface area (Å²) in [6.07, 6.45) is 3.94. The van der Waals surface area contributed by atoms with Crippen molar-refractivity contribution < 1.29 is 17.7 Å². The van der Waals surface area contributed by atoms with Gasteiger partial charge in [-0.15, -0.1) is 0 Å². The van der Waals surface area contributed by atoms with Crippen molar-refractivity contribution in [1.82, 2.24) is 19.8 Å². The molecule has 1 saturated carbocycles. The first-order valence-corrected chi connectivity index (χ1v) is 13.0. The maximum atomic E-state index is 13.2. The van der Waals surface area contributed by atoms with E-state index >= 15 is 0 Å². The third-order valence-corrected chi connectivity index (χ3v) is 8.27. The van der Waals surface area contributed by atoms with Crippen LogP contribution in [0.1, 0.15) is 78.7 Å². The molecule has 0 spiro atoms. The van der Waals surface area contributed by atoms with Crippen molar-refractivity contribution in [2.24, 2.45) is 0 Å². The second kappa shape index (κ2) is 8.53. The van der Waals surface area contributed by atoms with E-state index in [9.17, 15) is 13.2 Å². The van der Waals surface area contributed by atoms with Crippen LogP contribution in [-0.2, 0) is 16.6 Å². The maximum absolute atomic E-state index is 13.2. The minimum absolute atomic E-state index is 0.0940. The van der Waals surface area contributed by atoms with E-state index in [1.807, 2.05) is 19.9 Å². The largest absolute Gasteiger partial charge is 0.348 e. The summed E-state index contributed by atoms with van der Waals surface area (Å²) in [6, 6.07) is 8.59. The van der Waals surface area contributed by atoms with E-state index in [1.54, 1.807) is 24.3 Å².